The Morgan fingerprint density at radius 2 is 1.70 bits per heavy atom. The second-order valence-electron chi connectivity index (χ2n) is 5.38. The lowest BCUT2D eigenvalue weighted by atomic mass is 10.1. The van der Waals surface area contributed by atoms with Crippen LogP contribution in [0.25, 0.3) is 5.76 Å². The first-order valence-corrected chi connectivity index (χ1v) is 7.25. The maximum absolute atomic E-state index is 11.6. The van der Waals surface area contributed by atoms with Gasteiger partial charge in [0.15, 0.2) is 0 Å². The molecule has 0 heterocycles. The highest BCUT2D eigenvalue weighted by molar-refractivity contribution is 6.39. The molecule has 0 amide bonds. The lowest BCUT2D eigenvalue weighted by Gasteiger charge is -2.16. The number of esters is 1. The number of ketones is 1. The minimum Gasteiger partial charge on any atom is -0.507 e. The SMILES string of the molecule is COC(=O)C(=O)/C=C(\O)c1cc(OC(C)C)ccc1OC(C)C. The van der Waals surface area contributed by atoms with E-state index in [1.54, 1.807) is 18.2 Å². The number of aliphatic hydroxyl groups excluding tert-OH is 1. The van der Waals surface area contributed by atoms with Crippen LogP contribution in [0.1, 0.15) is 33.3 Å². The minimum atomic E-state index is -1.06. The molecule has 0 fully saturated rings. The summed E-state index contributed by atoms with van der Waals surface area (Å²) in [6.45, 7) is 7.41. The first kappa shape index (κ1) is 18.5. The van der Waals surface area contributed by atoms with E-state index in [9.17, 15) is 14.7 Å². The van der Waals surface area contributed by atoms with Gasteiger partial charge in [0, 0.05) is 6.08 Å². The number of hydrogen-bond acceptors (Lipinski definition) is 6. The fourth-order valence-electron chi connectivity index (χ4n) is 1.77. The summed E-state index contributed by atoms with van der Waals surface area (Å²) in [5.41, 5.74) is 0.258. The Hall–Kier alpha value is -2.50. The van der Waals surface area contributed by atoms with Crippen molar-refractivity contribution >= 4 is 17.5 Å². The molecule has 0 unspecified atom stereocenters. The molecule has 6 heteroatoms. The summed E-state index contributed by atoms with van der Waals surface area (Å²) < 4.78 is 15.5. The van der Waals surface area contributed by atoms with Crippen LogP contribution < -0.4 is 9.47 Å². The van der Waals surface area contributed by atoms with Crippen LogP contribution in [0.5, 0.6) is 11.5 Å². The molecule has 6 nitrogen and oxygen atoms in total. The van der Waals surface area contributed by atoms with E-state index < -0.39 is 17.5 Å². The number of methoxy groups -OCH3 is 1. The van der Waals surface area contributed by atoms with Gasteiger partial charge in [-0.2, -0.15) is 0 Å². The number of hydrogen-bond donors (Lipinski definition) is 1. The standard InChI is InChI=1S/C17H22O6/c1-10(2)22-12-6-7-16(23-11(3)4)13(8-12)14(18)9-15(19)17(20)21-5/h6-11,18H,1-5H3/b14-9-. The van der Waals surface area contributed by atoms with E-state index >= 15 is 0 Å². The summed E-state index contributed by atoms with van der Waals surface area (Å²) in [6, 6.07) is 4.89. The molecule has 0 radical (unpaired) electrons. The maximum Gasteiger partial charge on any atom is 0.378 e. The summed E-state index contributed by atoms with van der Waals surface area (Å²) in [7, 11) is 1.09. The lowest BCUT2D eigenvalue weighted by molar-refractivity contribution is -0.149. The van der Waals surface area contributed by atoms with Crippen molar-refractivity contribution in [2.75, 3.05) is 7.11 Å². The van der Waals surface area contributed by atoms with Crippen LogP contribution in [-0.4, -0.2) is 36.2 Å². The molecule has 1 N–H and O–H groups in total. The van der Waals surface area contributed by atoms with Crippen molar-refractivity contribution in [1.29, 1.82) is 0 Å². The van der Waals surface area contributed by atoms with Crippen LogP contribution in [0.4, 0.5) is 0 Å². The third kappa shape index (κ3) is 5.65. The highest BCUT2D eigenvalue weighted by Gasteiger charge is 2.17. The molecule has 23 heavy (non-hydrogen) atoms. The zero-order valence-electron chi connectivity index (χ0n) is 14.0. The topological polar surface area (TPSA) is 82.1 Å². The van der Waals surface area contributed by atoms with Crippen LogP contribution in [-0.2, 0) is 14.3 Å². The zero-order valence-corrected chi connectivity index (χ0v) is 14.0. The molecular formula is C17H22O6. The monoisotopic (exact) mass is 322 g/mol. The second kappa shape index (κ2) is 8.22. The Bertz CT molecular complexity index is 601. The first-order valence-electron chi connectivity index (χ1n) is 7.25. The molecule has 0 saturated carbocycles. The Labute approximate surface area is 135 Å². The van der Waals surface area contributed by atoms with Crippen LogP contribution in [0.2, 0.25) is 0 Å². The van der Waals surface area contributed by atoms with Gasteiger partial charge in [-0.25, -0.2) is 4.79 Å². The smallest absolute Gasteiger partial charge is 0.378 e. The van der Waals surface area contributed by atoms with Gasteiger partial charge in [-0.05, 0) is 45.9 Å². The first-order chi connectivity index (χ1) is 10.7. The largest absolute Gasteiger partial charge is 0.507 e. The van der Waals surface area contributed by atoms with Gasteiger partial charge in [-0.15, -0.1) is 0 Å². The molecule has 1 aromatic rings. The van der Waals surface area contributed by atoms with Crippen molar-refractivity contribution in [3.8, 4) is 11.5 Å². The van der Waals surface area contributed by atoms with Crippen LogP contribution in [0.15, 0.2) is 24.3 Å². The molecule has 0 aliphatic carbocycles. The van der Waals surface area contributed by atoms with Crippen molar-refractivity contribution in [2.45, 2.75) is 39.9 Å². The normalized spacial score (nSPS) is 11.5. The molecule has 1 rings (SSSR count). The number of ether oxygens (including phenoxy) is 3. The van der Waals surface area contributed by atoms with Crippen molar-refractivity contribution in [3.63, 3.8) is 0 Å². The van der Waals surface area contributed by atoms with E-state index in [4.69, 9.17) is 9.47 Å². The van der Waals surface area contributed by atoms with Gasteiger partial charge in [-0.1, -0.05) is 0 Å². The minimum absolute atomic E-state index is 0.0532. The predicted octanol–water partition coefficient (Wildman–Crippen LogP) is 2.90. The molecule has 0 aliphatic rings. The highest BCUT2D eigenvalue weighted by Crippen LogP contribution is 2.30. The molecule has 0 saturated heterocycles. The summed E-state index contributed by atoms with van der Waals surface area (Å²) >= 11 is 0. The van der Waals surface area contributed by atoms with E-state index in [1.165, 1.54) is 0 Å². The molecule has 0 bridgehead atoms. The number of carbonyl (C=O) groups is 2. The maximum atomic E-state index is 11.6. The van der Waals surface area contributed by atoms with E-state index in [-0.39, 0.29) is 17.8 Å². The number of carbonyl (C=O) groups excluding carboxylic acids is 2. The highest BCUT2D eigenvalue weighted by atomic mass is 16.5. The molecule has 126 valence electrons. The summed E-state index contributed by atoms with van der Waals surface area (Å²) in [4.78, 5) is 22.7. The van der Waals surface area contributed by atoms with Crippen LogP contribution >= 0.6 is 0 Å². The fourth-order valence-corrected chi connectivity index (χ4v) is 1.77. The molecule has 0 aromatic heterocycles. The van der Waals surface area contributed by atoms with Gasteiger partial charge in [-0.3, -0.25) is 4.79 Å². The average Bonchev–Trinajstić information content (AvgIpc) is 2.46. The molecule has 1 aromatic carbocycles. The van der Waals surface area contributed by atoms with Gasteiger partial charge in [0.2, 0.25) is 0 Å². The van der Waals surface area contributed by atoms with E-state index in [0.29, 0.717) is 11.5 Å². The second-order valence-corrected chi connectivity index (χ2v) is 5.38. The van der Waals surface area contributed by atoms with Crippen LogP contribution in [0.3, 0.4) is 0 Å². The Balaban J connectivity index is 3.24. The zero-order chi connectivity index (χ0) is 17.6. The van der Waals surface area contributed by atoms with Crippen molar-refractivity contribution in [1.82, 2.24) is 0 Å². The lowest BCUT2D eigenvalue weighted by Crippen LogP contribution is -2.13. The van der Waals surface area contributed by atoms with Crippen molar-refractivity contribution in [2.24, 2.45) is 0 Å². The summed E-state index contributed by atoms with van der Waals surface area (Å²) in [5, 5.41) is 10.2. The number of benzene rings is 1. The summed E-state index contributed by atoms with van der Waals surface area (Å²) in [5.74, 6) is -1.53. The quantitative estimate of drug-likeness (QED) is 0.360. The third-order valence-electron chi connectivity index (χ3n) is 2.62. The van der Waals surface area contributed by atoms with Crippen molar-refractivity contribution < 1.29 is 28.9 Å². The van der Waals surface area contributed by atoms with Gasteiger partial charge < -0.3 is 19.3 Å². The Kier molecular flexibility index (Phi) is 6.63. The van der Waals surface area contributed by atoms with Gasteiger partial charge in [0.1, 0.15) is 17.3 Å². The van der Waals surface area contributed by atoms with Gasteiger partial charge in [0.05, 0.1) is 24.9 Å². The predicted molar refractivity (Wildman–Crippen MR) is 85.6 cm³/mol. The fraction of sp³-hybridized carbons (Fsp3) is 0.412. The van der Waals surface area contributed by atoms with E-state index in [1.807, 2.05) is 27.7 Å². The Morgan fingerprint density at radius 3 is 2.22 bits per heavy atom. The molecule has 0 atom stereocenters. The average molecular weight is 322 g/mol. The Morgan fingerprint density at radius 1 is 1.09 bits per heavy atom. The van der Waals surface area contributed by atoms with Gasteiger partial charge >= 0.3 is 5.97 Å². The molecule has 0 aliphatic heterocycles. The van der Waals surface area contributed by atoms with E-state index in [0.717, 1.165) is 13.2 Å². The van der Waals surface area contributed by atoms with Crippen LogP contribution in [0, 0.1) is 0 Å². The third-order valence-corrected chi connectivity index (χ3v) is 2.62. The number of rotatable bonds is 7. The van der Waals surface area contributed by atoms with Crippen molar-refractivity contribution in [3.05, 3.63) is 29.8 Å². The van der Waals surface area contributed by atoms with Gasteiger partial charge in [0.25, 0.3) is 5.78 Å². The molecular weight excluding hydrogens is 300 g/mol. The number of aliphatic hydroxyl groups is 1. The molecule has 0 spiro atoms. The summed E-state index contributed by atoms with van der Waals surface area (Å²) in [6.07, 6.45) is 0.616. The van der Waals surface area contributed by atoms with E-state index in [2.05, 4.69) is 4.74 Å².